The average Bonchev–Trinajstić information content (AvgIpc) is 3.21. The number of imidazole rings is 1. The number of carbonyl (C=O) groups is 1. The van der Waals surface area contributed by atoms with Crippen molar-refractivity contribution in [2.75, 3.05) is 12.8 Å². The molecule has 0 saturated heterocycles. The van der Waals surface area contributed by atoms with Gasteiger partial charge >= 0.3 is 0 Å². The third-order valence-corrected chi connectivity index (χ3v) is 5.37. The Morgan fingerprint density at radius 1 is 1.42 bits per heavy atom. The second kappa shape index (κ2) is 7.68. The van der Waals surface area contributed by atoms with Crippen LogP contribution in [0.25, 0.3) is 11.0 Å². The number of hydrogen-bond acceptors (Lipinski definition) is 4. The zero-order valence-corrected chi connectivity index (χ0v) is 15.1. The Morgan fingerprint density at radius 3 is 3.00 bits per heavy atom. The van der Waals surface area contributed by atoms with Crippen LogP contribution in [0.3, 0.4) is 0 Å². The first-order valence-corrected chi connectivity index (χ1v) is 9.56. The van der Waals surface area contributed by atoms with Gasteiger partial charge in [0.1, 0.15) is 0 Å². The molecule has 4 nitrogen and oxygen atoms in total. The summed E-state index contributed by atoms with van der Waals surface area (Å²) in [4.78, 5) is 18.8. The smallest absolute Gasteiger partial charge is 0.233 e. The summed E-state index contributed by atoms with van der Waals surface area (Å²) in [6.07, 6.45) is 1.85. The van der Waals surface area contributed by atoms with Crippen molar-refractivity contribution in [1.29, 1.82) is 0 Å². The molecule has 0 N–H and O–H groups in total. The van der Waals surface area contributed by atoms with E-state index in [1.54, 1.807) is 16.2 Å². The Kier molecular flexibility index (Phi) is 5.37. The van der Waals surface area contributed by atoms with Crippen molar-refractivity contribution < 1.29 is 4.79 Å². The molecule has 3 rings (SSSR count). The quantitative estimate of drug-likeness (QED) is 0.473. The van der Waals surface area contributed by atoms with Crippen LogP contribution in [0.1, 0.15) is 5.56 Å². The van der Waals surface area contributed by atoms with Crippen LogP contribution in [-0.2, 0) is 17.9 Å². The predicted molar refractivity (Wildman–Crippen MR) is 101 cm³/mol. The number of allylic oxidation sites excluding steroid dienone is 1. The Labute approximate surface area is 149 Å². The Balaban J connectivity index is 1.69. The van der Waals surface area contributed by atoms with E-state index in [9.17, 15) is 4.79 Å². The van der Waals surface area contributed by atoms with Crippen molar-refractivity contribution in [1.82, 2.24) is 14.5 Å². The third kappa shape index (κ3) is 3.71. The van der Waals surface area contributed by atoms with E-state index in [-0.39, 0.29) is 5.91 Å². The van der Waals surface area contributed by atoms with E-state index in [1.165, 1.54) is 17.3 Å². The summed E-state index contributed by atoms with van der Waals surface area (Å²) in [5.41, 5.74) is 3.18. The molecule has 0 fully saturated rings. The molecule has 3 aromatic rings. The van der Waals surface area contributed by atoms with Crippen molar-refractivity contribution in [2.45, 2.75) is 18.2 Å². The fraction of sp³-hybridized carbons (Fsp3) is 0.222. The van der Waals surface area contributed by atoms with Gasteiger partial charge in [0.05, 0.1) is 16.8 Å². The first-order chi connectivity index (χ1) is 11.7. The number of thiophene rings is 1. The predicted octanol–water partition coefficient (Wildman–Crippen LogP) is 4.03. The molecule has 0 aliphatic rings. The second-order valence-electron chi connectivity index (χ2n) is 5.45. The Bertz CT molecular complexity index is 839. The maximum absolute atomic E-state index is 12.4. The molecule has 24 heavy (non-hydrogen) atoms. The molecule has 124 valence electrons. The van der Waals surface area contributed by atoms with Crippen LogP contribution in [-0.4, -0.2) is 33.2 Å². The number of thioether (sulfide) groups is 1. The highest BCUT2D eigenvalue weighted by atomic mass is 32.2. The van der Waals surface area contributed by atoms with Gasteiger partial charge in [-0.15, -0.1) is 6.58 Å². The number of nitrogens with zero attached hydrogens (tertiary/aromatic N) is 3. The van der Waals surface area contributed by atoms with E-state index >= 15 is 0 Å². The minimum Gasteiger partial charge on any atom is -0.341 e. The van der Waals surface area contributed by atoms with Crippen molar-refractivity contribution in [3.8, 4) is 0 Å². The van der Waals surface area contributed by atoms with Crippen molar-refractivity contribution >= 4 is 40.0 Å². The Morgan fingerprint density at radius 2 is 2.25 bits per heavy atom. The molecule has 0 aliphatic carbocycles. The summed E-state index contributed by atoms with van der Waals surface area (Å²) < 4.78 is 2.10. The summed E-state index contributed by atoms with van der Waals surface area (Å²) in [5.74, 6) is 0.476. The second-order valence-corrected chi connectivity index (χ2v) is 7.17. The van der Waals surface area contributed by atoms with Crippen LogP contribution >= 0.6 is 23.1 Å². The molecule has 0 radical (unpaired) electrons. The number of amides is 1. The molecule has 2 heterocycles. The van der Waals surface area contributed by atoms with Crippen LogP contribution in [0.4, 0.5) is 0 Å². The molecular formula is C18H19N3OS2. The van der Waals surface area contributed by atoms with Gasteiger partial charge in [-0.05, 0) is 34.5 Å². The lowest BCUT2D eigenvalue weighted by atomic mass is 10.3. The van der Waals surface area contributed by atoms with Crippen LogP contribution < -0.4 is 0 Å². The van der Waals surface area contributed by atoms with Gasteiger partial charge in [-0.3, -0.25) is 4.79 Å². The van der Waals surface area contributed by atoms with Crippen LogP contribution in [0.5, 0.6) is 0 Å². The molecule has 6 heteroatoms. The molecule has 0 unspecified atom stereocenters. The molecule has 0 spiro atoms. The number of fused-ring (bicyclic) bond motifs is 1. The summed E-state index contributed by atoms with van der Waals surface area (Å²) in [6, 6.07) is 10.1. The highest BCUT2D eigenvalue weighted by Gasteiger charge is 2.14. The molecule has 0 atom stereocenters. The first-order valence-electron chi connectivity index (χ1n) is 7.63. The first kappa shape index (κ1) is 16.8. The zero-order valence-electron chi connectivity index (χ0n) is 13.5. The highest BCUT2D eigenvalue weighted by molar-refractivity contribution is 7.99. The summed E-state index contributed by atoms with van der Waals surface area (Å²) in [7, 11) is 1.84. The third-order valence-electron chi connectivity index (χ3n) is 3.68. The van der Waals surface area contributed by atoms with Crippen LogP contribution in [0, 0.1) is 0 Å². The lowest BCUT2D eigenvalue weighted by Gasteiger charge is -2.16. The van der Waals surface area contributed by atoms with E-state index in [0.29, 0.717) is 18.8 Å². The fourth-order valence-electron chi connectivity index (χ4n) is 2.45. The van der Waals surface area contributed by atoms with Crippen molar-refractivity contribution in [2.24, 2.45) is 0 Å². The number of benzene rings is 1. The normalized spacial score (nSPS) is 10.9. The van der Waals surface area contributed by atoms with Gasteiger partial charge in [0.2, 0.25) is 5.91 Å². The van der Waals surface area contributed by atoms with Crippen LogP contribution in [0.15, 0.2) is 58.9 Å². The number of para-hydroxylation sites is 2. The highest BCUT2D eigenvalue weighted by Crippen LogP contribution is 2.24. The zero-order chi connectivity index (χ0) is 16.9. The van der Waals surface area contributed by atoms with Gasteiger partial charge in [0, 0.05) is 20.1 Å². The molecular weight excluding hydrogens is 338 g/mol. The average molecular weight is 358 g/mol. The fourth-order valence-corrected chi connectivity index (χ4v) is 4.07. The molecule has 0 saturated carbocycles. The summed E-state index contributed by atoms with van der Waals surface area (Å²) in [5, 5.41) is 4.95. The van der Waals surface area contributed by atoms with Crippen molar-refractivity contribution in [3.05, 3.63) is 59.3 Å². The van der Waals surface area contributed by atoms with Gasteiger partial charge < -0.3 is 9.47 Å². The van der Waals surface area contributed by atoms with Gasteiger partial charge in [-0.1, -0.05) is 30.0 Å². The lowest BCUT2D eigenvalue weighted by molar-refractivity contribution is -0.127. The lowest BCUT2D eigenvalue weighted by Crippen LogP contribution is -2.27. The number of carbonyl (C=O) groups excluding carboxylic acids is 1. The van der Waals surface area contributed by atoms with Crippen molar-refractivity contribution in [3.63, 3.8) is 0 Å². The number of hydrogen-bond donors (Lipinski definition) is 0. The topological polar surface area (TPSA) is 38.1 Å². The Hall–Kier alpha value is -2.05. The molecule has 1 aromatic carbocycles. The largest absolute Gasteiger partial charge is 0.341 e. The van der Waals surface area contributed by atoms with Gasteiger partial charge in [0.25, 0.3) is 0 Å². The minimum atomic E-state index is 0.100. The molecule has 0 bridgehead atoms. The standard InChI is InChI=1S/C18H19N3OS2/c1-3-9-21-16-7-5-4-6-15(16)19-18(21)24-13-17(22)20(2)11-14-8-10-23-12-14/h3-8,10,12H,1,9,11,13H2,2H3. The monoisotopic (exact) mass is 357 g/mol. The summed E-state index contributed by atoms with van der Waals surface area (Å²) in [6.45, 7) is 5.14. The maximum Gasteiger partial charge on any atom is 0.233 e. The summed E-state index contributed by atoms with van der Waals surface area (Å²) >= 11 is 3.12. The SMILES string of the molecule is C=CCn1c(SCC(=O)N(C)Cc2ccsc2)nc2ccccc21. The molecule has 1 amide bonds. The molecule has 2 aromatic heterocycles. The number of aromatic nitrogens is 2. The van der Waals surface area contributed by atoms with E-state index < -0.39 is 0 Å². The molecule has 0 aliphatic heterocycles. The van der Waals surface area contributed by atoms with E-state index in [0.717, 1.165) is 16.2 Å². The van der Waals surface area contributed by atoms with E-state index in [4.69, 9.17) is 0 Å². The van der Waals surface area contributed by atoms with E-state index in [2.05, 4.69) is 21.5 Å². The minimum absolute atomic E-state index is 0.100. The maximum atomic E-state index is 12.4. The van der Waals surface area contributed by atoms with Gasteiger partial charge in [-0.25, -0.2) is 4.98 Å². The number of rotatable bonds is 7. The van der Waals surface area contributed by atoms with Gasteiger partial charge in [-0.2, -0.15) is 11.3 Å². The van der Waals surface area contributed by atoms with Gasteiger partial charge in [0.15, 0.2) is 5.16 Å². The van der Waals surface area contributed by atoms with Crippen LogP contribution in [0.2, 0.25) is 0 Å². The van der Waals surface area contributed by atoms with E-state index in [1.807, 2.05) is 48.8 Å².